The highest BCUT2D eigenvalue weighted by molar-refractivity contribution is 5.77. The van der Waals surface area contributed by atoms with Crippen LogP contribution in [0.25, 0.3) is 0 Å². The van der Waals surface area contributed by atoms with E-state index in [9.17, 15) is 9.59 Å². The van der Waals surface area contributed by atoms with Gasteiger partial charge in [0.05, 0.1) is 5.92 Å². The maximum Gasteiger partial charge on any atom is 0.306 e. The molecule has 1 aromatic carbocycles. The van der Waals surface area contributed by atoms with Gasteiger partial charge >= 0.3 is 5.97 Å². The molecule has 166 valence electrons. The molecule has 1 unspecified atom stereocenters. The summed E-state index contributed by atoms with van der Waals surface area (Å²) in [6.45, 7) is 13.7. The van der Waals surface area contributed by atoms with Gasteiger partial charge in [0.25, 0.3) is 5.91 Å². The summed E-state index contributed by atoms with van der Waals surface area (Å²) < 4.78 is 5.50. The van der Waals surface area contributed by atoms with Crippen LogP contribution >= 0.6 is 0 Å². The van der Waals surface area contributed by atoms with Gasteiger partial charge in [-0.2, -0.15) is 0 Å². The van der Waals surface area contributed by atoms with E-state index in [1.165, 1.54) is 17.2 Å². The van der Waals surface area contributed by atoms with Gasteiger partial charge in [0.15, 0.2) is 6.61 Å². The van der Waals surface area contributed by atoms with Crippen LogP contribution in [0, 0.1) is 5.92 Å². The van der Waals surface area contributed by atoms with E-state index in [4.69, 9.17) is 9.84 Å². The fourth-order valence-corrected chi connectivity index (χ4v) is 2.53. The van der Waals surface area contributed by atoms with Crippen LogP contribution in [0.15, 0.2) is 60.4 Å². The number of benzene rings is 1. The number of aliphatic carboxylic acids is 1. The molecular formula is C25H37NO4. The van der Waals surface area contributed by atoms with Crippen molar-refractivity contribution < 1.29 is 19.4 Å². The van der Waals surface area contributed by atoms with Crippen molar-refractivity contribution in [2.45, 2.75) is 53.9 Å². The standard InChI is InChI=1S/C23H31NO4.C2H6/c1-5-18-8-10-20(11-9-18)12-13-24-22(25)16-28-21(7-3)15-19(6-2)14-17(4)23(26)27;1-2/h6-11,15,17H,3,5,12-14,16H2,1-2,4H3,(H,24,25)(H,26,27);1-2H3/b19-6-,21-15+;. The van der Waals surface area contributed by atoms with Gasteiger partial charge in [-0.1, -0.05) is 64.6 Å². The van der Waals surface area contributed by atoms with Gasteiger partial charge in [-0.05, 0) is 55.0 Å². The van der Waals surface area contributed by atoms with Crippen LogP contribution in [-0.4, -0.2) is 30.1 Å². The second kappa shape index (κ2) is 16.0. The van der Waals surface area contributed by atoms with Gasteiger partial charge < -0.3 is 15.2 Å². The Morgan fingerprint density at radius 3 is 2.30 bits per heavy atom. The van der Waals surface area contributed by atoms with Crippen molar-refractivity contribution in [1.82, 2.24) is 5.32 Å². The number of aryl methyl sites for hydroxylation is 1. The maximum absolute atomic E-state index is 12.0. The highest BCUT2D eigenvalue weighted by Crippen LogP contribution is 2.16. The Balaban J connectivity index is 0.00000407. The minimum Gasteiger partial charge on any atom is -0.484 e. The number of amides is 1. The van der Waals surface area contributed by atoms with Crippen LogP contribution in [0.4, 0.5) is 0 Å². The maximum atomic E-state index is 12.0. The van der Waals surface area contributed by atoms with Crippen molar-refractivity contribution in [3.8, 4) is 0 Å². The van der Waals surface area contributed by atoms with E-state index in [1.807, 2.05) is 26.8 Å². The summed E-state index contributed by atoms with van der Waals surface area (Å²) in [5, 5.41) is 11.9. The first-order valence-corrected chi connectivity index (χ1v) is 10.6. The molecule has 1 amide bonds. The predicted octanol–water partition coefficient (Wildman–Crippen LogP) is 5.08. The molecule has 1 aromatic rings. The smallest absolute Gasteiger partial charge is 0.306 e. The average molecular weight is 416 g/mol. The molecule has 0 fully saturated rings. The Labute approximate surface area is 181 Å². The van der Waals surface area contributed by atoms with E-state index in [-0.39, 0.29) is 12.5 Å². The lowest BCUT2D eigenvalue weighted by atomic mass is 10.0. The third-order valence-electron chi connectivity index (χ3n) is 4.40. The molecule has 2 N–H and O–H groups in total. The van der Waals surface area contributed by atoms with Crippen LogP contribution in [0.1, 0.15) is 52.2 Å². The monoisotopic (exact) mass is 415 g/mol. The van der Waals surface area contributed by atoms with Crippen LogP contribution < -0.4 is 5.32 Å². The van der Waals surface area contributed by atoms with Crippen molar-refractivity contribution in [3.63, 3.8) is 0 Å². The number of allylic oxidation sites excluding steroid dienone is 4. The molecule has 0 heterocycles. The number of ether oxygens (including phenoxy) is 1. The molecular weight excluding hydrogens is 378 g/mol. The second-order valence-electron chi connectivity index (χ2n) is 6.62. The highest BCUT2D eigenvalue weighted by atomic mass is 16.5. The number of hydrogen-bond donors (Lipinski definition) is 2. The Hall–Kier alpha value is -2.82. The number of rotatable bonds is 12. The van der Waals surface area contributed by atoms with Crippen molar-refractivity contribution in [3.05, 3.63) is 71.5 Å². The minimum absolute atomic E-state index is 0.113. The van der Waals surface area contributed by atoms with E-state index in [0.29, 0.717) is 18.7 Å². The third-order valence-corrected chi connectivity index (χ3v) is 4.40. The van der Waals surface area contributed by atoms with Crippen molar-refractivity contribution in [1.29, 1.82) is 0 Å². The summed E-state index contributed by atoms with van der Waals surface area (Å²) in [5.41, 5.74) is 3.29. The molecule has 0 aliphatic heterocycles. The topological polar surface area (TPSA) is 75.6 Å². The number of carboxylic acids is 1. The number of carbonyl (C=O) groups excluding carboxylic acids is 1. The third kappa shape index (κ3) is 11.2. The fourth-order valence-electron chi connectivity index (χ4n) is 2.53. The predicted molar refractivity (Wildman–Crippen MR) is 123 cm³/mol. The molecule has 0 saturated carbocycles. The van der Waals surface area contributed by atoms with Gasteiger partial charge in [-0.15, -0.1) is 0 Å². The SMILES string of the molecule is C=C/C(=C\C(=C/C)CC(C)C(=O)O)OCC(=O)NCCc1ccc(CC)cc1.CC. The molecule has 30 heavy (non-hydrogen) atoms. The Morgan fingerprint density at radius 1 is 1.20 bits per heavy atom. The van der Waals surface area contributed by atoms with E-state index in [1.54, 1.807) is 13.0 Å². The molecule has 5 nitrogen and oxygen atoms in total. The summed E-state index contributed by atoms with van der Waals surface area (Å²) in [4.78, 5) is 23.0. The zero-order valence-electron chi connectivity index (χ0n) is 19.0. The lowest BCUT2D eigenvalue weighted by molar-refractivity contribution is -0.141. The number of hydrogen-bond acceptors (Lipinski definition) is 3. The van der Waals surface area contributed by atoms with Crippen LogP contribution in [0.3, 0.4) is 0 Å². The highest BCUT2D eigenvalue weighted by Gasteiger charge is 2.12. The van der Waals surface area contributed by atoms with Gasteiger partial charge in [0.1, 0.15) is 5.76 Å². The Kier molecular flexibility index (Phi) is 14.5. The summed E-state index contributed by atoms with van der Waals surface area (Å²) >= 11 is 0. The van der Waals surface area contributed by atoms with Gasteiger partial charge in [-0.3, -0.25) is 9.59 Å². The first-order valence-electron chi connectivity index (χ1n) is 10.6. The molecule has 1 rings (SSSR count). The summed E-state index contributed by atoms with van der Waals surface area (Å²) in [5.74, 6) is -1.12. The molecule has 5 heteroatoms. The first-order chi connectivity index (χ1) is 14.4. The summed E-state index contributed by atoms with van der Waals surface area (Å²) in [6.07, 6.45) is 7.21. The second-order valence-corrected chi connectivity index (χ2v) is 6.62. The number of nitrogens with one attached hydrogen (secondary N) is 1. The minimum atomic E-state index is -0.850. The van der Waals surface area contributed by atoms with E-state index >= 15 is 0 Å². The van der Waals surface area contributed by atoms with Gasteiger partial charge in [-0.25, -0.2) is 0 Å². The van der Waals surface area contributed by atoms with Gasteiger partial charge in [0.2, 0.25) is 0 Å². The number of carbonyl (C=O) groups is 2. The molecule has 1 atom stereocenters. The zero-order chi connectivity index (χ0) is 22.9. The van der Waals surface area contributed by atoms with Crippen LogP contribution in [0.2, 0.25) is 0 Å². The molecule has 0 aliphatic rings. The van der Waals surface area contributed by atoms with Crippen LogP contribution in [0.5, 0.6) is 0 Å². The van der Waals surface area contributed by atoms with Crippen LogP contribution in [-0.2, 0) is 27.2 Å². The van der Waals surface area contributed by atoms with E-state index < -0.39 is 11.9 Å². The Morgan fingerprint density at radius 2 is 1.80 bits per heavy atom. The molecule has 0 saturated heterocycles. The largest absolute Gasteiger partial charge is 0.484 e. The molecule has 0 radical (unpaired) electrons. The van der Waals surface area contributed by atoms with Gasteiger partial charge in [0, 0.05) is 6.54 Å². The molecule has 0 aliphatic carbocycles. The molecule has 0 aromatic heterocycles. The quantitative estimate of drug-likeness (QED) is 0.369. The lowest BCUT2D eigenvalue weighted by Crippen LogP contribution is -2.29. The Bertz CT molecular complexity index is 717. The lowest BCUT2D eigenvalue weighted by Gasteiger charge is -2.11. The average Bonchev–Trinajstić information content (AvgIpc) is 2.77. The van der Waals surface area contributed by atoms with Crippen molar-refractivity contribution in [2.24, 2.45) is 5.92 Å². The fraction of sp³-hybridized carbons (Fsp3) is 0.440. The zero-order valence-corrected chi connectivity index (χ0v) is 19.0. The normalized spacial score (nSPS) is 12.3. The number of carboxylic acid groups (broad SMARTS) is 1. The van der Waals surface area contributed by atoms with Crippen molar-refractivity contribution in [2.75, 3.05) is 13.2 Å². The molecule has 0 spiro atoms. The van der Waals surface area contributed by atoms with E-state index in [0.717, 1.165) is 18.4 Å². The first kappa shape index (κ1) is 27.2. The summed E-state index contributed by atoms with van der Waals surface area (Å²) in [7, 11) is 0. The summed E-state index contributed by atoms with van der Waals surface area (Å²) in [6, 6.07) is 8.37. The van der Waals surface area contributed by atoms with E-state index in [2.05, 4.69) is 43.1 Å². The molecule has 0 bridgehead atoms. The van der Waals surface area contributed by atoms with Crippen molar-refractivity contribution >= 4 is 11.9 Å².